The Morgan fingerprint density at radius 3 is 2.58 bits per heavy atom. The number of halogens is 1. The van der Waals surface area contributed by atoms with Gasteiger partial charge in [0, 0.05) is 23.3 Å². The number of nitrogens with one attached hydrogen (secondary N) is 1. The predicted octanol–water partition coefficient (Wildman–Crippen LogP) is 2.44. The normalized spacial score (nSPS) is 18.8. The average Bonchev–Trinajstić information content (AvgIpc) is 2.49. The van der Waals surface area contributed by atoms with Gasteiger partial charge in [0.25, 0.3) is 0 Å². The van der Waals surface area contributed by atoms with Gasteiger partial charge < -0.3 is 15.3 Å². The number of aliphatic hydroxyl groups excluding tert-OH is 1. The molecule has 0 saturated carbocycles. The number of rotatable bonds is 4. The van der Waals surface area contributed by atoms with Crippen molar-refractivity contribution in [3.63, 3.8) is 0 Å². The zero-order chi connectivity index (χ0) is 17.9. The second-order valence-corrected chi connectivity index (χ2v) is 8.99. The molecule has 6 nitrogen and oxygen atoms in total. The van der Waals surface area contributed by atoms with Crippen LogP contribution < -0.4 is 5.32 Å². The van der Waals surface area contributed by atoms with Crippen LogP contribution in [-0.2, 0) is 9.84 Å². The first-order valence-electron chi connectivity index (χ1n) is 7.90. The number of carbonyl (C=O) groups is 1. The lowest BCUT2D eigenvalue weighted by molar-refractivity contribution is 0.114. The Kier molecular flexibility index (Phi) is 6.11. The number of hydrogen-bond donors (Lipinski definition) is 2. The zero-order valence-corrected chi connectivity index (χ0v) is 15.4. The van der Waals surface area contributed by atoms with E-state index in [0.29, 0.717) is 23.6 Å². The molecule has 2 N–H and O–H groups in total. The molecule has 1 aromatic carbocycles. The third kappa shape index (κ3) is 5.09. The van der Waals surface area contributed by atoms with Gasteiger partial charge in [0.2, 0.25) is 0 Å². The first-order chi connectivity index (χ1) is 11.2. The highest BCUT2D eigenvalue weighted by atomic mass is 35.5. The van der Waals surface area contributed by atoms with Gasteiger partial charge in [-0.3, -0.25) is 0 Å². The minimum atomic E-state index is -3.01. The third-order valence-electron chi connectivity index (χ3n) is 4.11. The number of urea groups is 1. The molecule has 1 saturated heterocycles. The Morgan fingerprint density at radius 2 is 2.04 bits per heavy atom. The molecule has 0 aromatic heterocycles. The van der Waals surface area contributed by atoms with Gasteiger partial charge in [-0.25, -0.2) is 13.2 Å². The summed E-state index contributed by atoms with van der Waals surface area (Å²) in [6.07, 6.45) is 0.0738. The molecule has 2 amide bonds. The summed E-state index contributed by atoms with van der Waals surface area (Å²) in [4.78, 5) is 14.1. The van der Waals surface area contributed by atoms with Gasteiger partial charge in [-0.1, -0.05) is 17.7 Å². The van der Waals surface area contributed by atoms with Crippen LogP contribution in [0.1, 0.15) is 25.3 Å². The number of benzene rings is 1. The fourth-order valence-electron chi connectivity index (χ4n) is 2.74. The van der Waals surface area contributed by atoms with Crippen molar-refractivity contribution >= 4 is 33.2 Å². The monoisotopic (exact) mass is 374 g/mol. The van der Waals surface area contributed by atoms with E-state index < -0.39 is 15.9 Å². The van der Waals surface area contributed by atoms with Crippen molar-refractivity contribution in [1.82, 2.24) is 4.90 Å². The van der Waals surface area contributed by atoms with Crippen LogP contribution in [0.25, 0.3) is 0 Å². The van der Waals surface area contributed by atoms with E-state index in [1.54, 1.807) is 19.1 Å². The first-order valence-corrected chi connectivity index (χ1v) is 10.1. The summed E-state index contributed by atoms with van der Waals surface area (Å²) in [6.45, 7) is 3.62. The zero-order valence-electron chi connectivity index (χ0n) is 13.8. The molecular formula is C16H23ClN2O4S. The van der Waals surface area contributed by atoms with Crippen LogP contribution in [0.3, 0.4) is 0 Å². The van der Waals surface area contributed by atoms with Crippen molar-refractivity contribution < 1.29 is 18.3 Å². The average molecular weight is 375 g/mol. The molecule has 1 fully saturated rings. The molecule has 1 atom stereocenters. The summed E-state index contributed by atoms with van der Waals surface area (Å²) >= 11 is 6.07. The number of hydrogen-bond acceptors (Lipinski definition) is 4. The van der Waals surface area contributed by atoms with Crippen LogP contribution in [-0.4, -0.2) is 54.7 Å². The van der Waals surface area contributed by atoms with E-state index in [2.05, 4.69) is 5.32 Å². The fourth-order valence-corrected chi connectivity index (χ4v) is 4.38. The van der Waals surface area contributed by atoms with Crippen molar-refractivity contribution in [3.8, 4) is 0 Å². The lowest BCUT2D eigenvalue weighted by atomic mass is 10.1. The van der Waals surface area contributed by atoms with E-state index in [1.165, 1.54) is 4.90 Å². The van der Waals surface area contributed by atoms with E-state index in [-0.39, 0.29) is 30.1 Å². The SMILES string of the molecule is Cc1ccc(NC(=O)N(C[C@@H](C)O)C2CCS(=O)(=O)CC2)cc1Cl. The highest BCUT2D eigenvalue weighted by molar-refractivity contribution is 7.91. The van der Waals surface area contributed by atoms with Gasteiger partial charge in [-0.05, 0) is 44.4 Å². The quantitative estimate of drug-likeness (QED) is 0.847. The third-order valence-corrected chi connectivity index (χ3v) is 6.23. The lowest BCUT2D eigenvalue weighted by Crippen LogP contribution is -2.49. The van der Waals surface area contributed by atoms with Gasteiger partial charge in [0.05, 0.1) is 17.6 Å². The Hall–Kier alpha value is -1.31. The molecular weight excluding hydrogens is 352 g/mol. The van der Waals surface area contributed by atoms with Gasteiger partial charge in [-0.15, -0.1) is 0 Å². The number of anilines is 1. The summed E-state index contributed by atoms with van der Waals surface area (Å²) in [7, 11) is -3.01. The summed E-state index contributed by atoms with van der Waals surface area (Å²) in [5.74, 6) is 0.134. The Balaban J connectivity index is 2.11. The van der Waals surface area contributed by atoms with Crippen molar-refractivity contribution in [1.29, 1.82) is 0 Å². The maximum atomic E-state index is 12.6. The predicted molar refractivity (Wildman–Crippen MR) is 95.3 cm³/mol. The smallest absolute Gasteiger partial charge is 0.322 e. The maximum absolute atomic E-state index is 12.6. The number of aliphatic hydroxyl groups is 1. The standard InChI is InChI=1S/C16H23ClN2O4S/c1-11-3-4-13(9-15(11)17)18-16(21)19(10-12(2)20)14-5-7-24(22,23)8-6-14/h3-4,9,12,14,20H,5-8,10H2,1-2H3,(H,18,21)/t12-/m1/s1. The summed E-state index contributed by atoms with van der Waals surface area (Å²) in [6, 6.07) is 4.67. The van der Waals surface area contributed by atoms with Crippen LogP contribution in [0.15, 0.2) is 18.2 Å². The molecule has 8 heteroatoms. The molecule has 1 heterocycles. The fraction of sp³-hybridized carbons (Fsp3) is 0.562. The van der Waals surface area contributed by atoms with Crippen LogP contribution >= 0.6 is 11.6 Å². The van der Waals surface area contributed by atoms with E-state index in [9.17, 15) is 18.3 Å². The van der Waals surface area contributed by atoms with Crippen LogP contribution in [0.2, 0.25) is 5.02 Å². The van der Waals surface area contributed by atoms with Gasteiger partial charge in [-0.2, -0.15) is 0 Å². The molecule has 0 spiro atoms. The molecule has 24 heavy (non-hydrogen) atoms. The largest absolute Gasteiger partial charge is 0.392 e. The molecule has 0 bridgehead atoms. The highest BCUT2D eigenvalue weighted by Crippen LogP contribution is 2.22. The first kappa shape index (κ1) is 19.0. The summed E-state index contributed by atoms with van der Waals surface area (Å²) < 4.78 is 23.2. The van der Waals surface area contributed by atoms with E-state index in [1.807, 2.05) is 13.0 Å². The summed E-state index contributed by atoms with van der Waals surface area (Å²) in [5.41, 5.74) is 1.47. The second kappa shape index (κ2) is 7.72. The van der Waals surface area contributed by atoms with Crippen molar-refractivity contribution in [3.05, 3.63) is 28.8 Å². The molecule has 2 rings (SSSR count). The Morgan fingerprint density at radius 1 is 1.42 bits per heavy atom. The van der Waals surface area contributed by atoms with Crippen LogP contribution in [0.5, 0.6) is 0 Å². The van der Waals surface area contributed by atoms with Crippen LogP contribution in [0, 0.1) is 6.92 Å². The molecule has 0 radical (unpaired) electrons. The van der Waals surface area contributed by atoms with Gasteiger partial charge >= 0.3 is 6.03 Å². The number of carbonyl (C=O) groups excluding carboxylic acids is 1. The van der Waals surface area contributed by atoms with Crippen LogP contribution in [0.4, 0.5) is 10.5 Å². The minimum absolute atomic E-state index is 0.0671. The highest BCUT2D eigenvalue weighted by Gasteiger charge is 2.31. The number of nitrogens with zero attached hydrogens (tertiary/aromatic N) is 1. The van der Waals surface area contributed by atoms with Gasteiger partial charge in [0.15, 0.2) is 0 Å². The van der Waals surface area contributed by atoms with Crippen molar-refractivity contribution in [2.45, 2.75) is 38.8 Å². The number of aryl methyl sites for hydroxylation is 1. The van der Waals surface area contributed by atoms with Gasteiger partial charge in [0.1, 0.15) is 9.84 Å². The van der Waals surface area contributed by atoms with Crippen molar-refractivity contribution in [2.75, 3.05) is 23.4 Å². The Bertz CT molecular complexity index is 692. The Labute approximate surface area is 147 Å². The van der Waals surface area contributed by atoms with E-state index in [4.69, 9.17) is 11.6 Å². The molecule has 1 aromatic rings. The van der Waals surface area contributed by atoms with Crippen molar-refractivity contribution in [2.24, 2.45) is 0 Å². The van der Waals surface area contributed by atoms with E-state index >= 15 is 0 Å². The molecule has 1 aliphatic heterocycles. The minimum Gasteiger partial charge on any atom is -0.392 e. The molecule has 1 aliphatic rings. The molecule has 0 aliphatic carbocycles. The van der Waals surface area contributed by atoms with E-state index in [0.717, 1.165) is 5.56 Å². The maximum Gasteiger partial charge on any atom is 0.322 e. The topological polar surface area (TPSA) is 86.7 Å². The molecule has 134 valence electrons. The number of sulfone groups is 1. The number of amides is 2. The lowest BCUT2D eigenvalue weighted by Gasteiger charge is -2.35. The molecule has 0 unspecified atom stereocenters. The summed E-state index contributed by atoms with van der Waals surface area (Å²) in [5, 5.41) is 13.0. The second-order valence-electron chi connectivity index (χ2n) is 6.28.